The van der Waals surface area contributed by atoms with Crippen LogP contribution in [0.2, 0.25) is 0 Å². The van der Waals surface area contributed by atoms with Gasteiger partial charge in [-0.1, -0.05) is 18.2 Å². The molecule has 21 heavy (non-hydrogen) atoms. The summed E-state index contributed by atoms with van der Waals surface area (Å²) in [5.41, 5.74) is 1.92. The van der Waals surface area contributed by atoms with Crippen molar-refractivity contribution in [3.05, 3.63) is 58.7 Å². The number of halogens is 1. The van der Waals surface area contributed by atoms with Crippen molar-refractivity contribution < 1.29 is 9.50 Å². The summed E-state index contributed by atoms with van der Waals surface area (Å²) in [5.74, 6) is -0.938. The smallest absolute Gasteiger partial charge is 0.166 e. The number of thiophene rings is 1. The molecule has 0 fully saturated rings. The molecular weight excluding hydrogens is 285 g/mol. The van der Waals surface area contributed by atoms with Crippen LogP contribution in [0, 0.1) is 12.7 Å². The Kier molecular flexibility index (Phi) is 3.55. The number of hydrogen-bond donors (Lipinski definition) is 2. The molecule has 1 unspecified atom stereocenters. The van der Waals surface area contributed by atoms with Crippen molar-refractivity contribution in [2.45, 2.75) is 19.9 Å². The molecule has 0 saturated carbocycles. The van der Waals surface area contributed by atoms with Gasteiger partial charge in [-0.15, -0.1) is 11.3 Å². The van der Waals surface area contributed by atoms with Crippen LogP contribution in [-0.4, -0.2) is 5.11 Å². The van der Waals surface area contributed by atoms with Crippen molar-refractivity contribution in [3.63, 3.8) is 0 Å². The molecule has 4 heteroatoms. The molecule has 0 bridgehead atoms. The van der Waals surface area contributed by atoms with Crippen molar-refractivity contribution in [1.29, 1.82) is 0 Å². The minimum atomic E-state index is -0.611. The number of benzene rings is 2. The van der Waals surface area contributed by atoms with Gasteiger partial charge in [0.1, 0.15) is 0 Å². The van der Waals surface area contributed by atoms with Crippen molar-refractivity contribution in [1.82, 2.24) is 0 Å². The molecule has 0 aliphatic carbocycles. The standard InChI is InChI=1S/C17H16FNOS/c1-10-13-5-3-4-6-16(13)21-17(10)11(2)19-12-7-8-15(20)14(18)9-12/h3-9,11,19-20H,1-2H3. The van der Waals surface area contributed by atoms with E-state index in [1.807, 2.05) is 12.1 Å². The third-order valence-corrected chi connectivity index (χ3v) is 5.06. The maximum absolute atomic E-state index is 13.4. The number of fused-ring (bicyclic) bond motifs is 1. The summed E-state index contributed by atoms with van der Waals surface area (Å²) in [6.07, 6.45) is 0. The minimum Gasteiger partial charge on any atom is -0.505 e. The highest BCUT2D eigenvalue weighted by molar-refractivity contribution is 7.19. The lowest BCUT2D eigenvalue weighted by Gasteiger charge is -2.15. The average Bonchev–Trinajstić information content (AvgIpc) is 2.81. The number of aryl methyl sites for hydroxylation is 1. The SMILES string of the molecule is Cc1c(C(C)Nc2ccc(O)c(F)c2)sc2ccccc12. The first-order valence-corrected chi connectivity index (χ1v) is 7.61. The second-order valence-electron chi connectivity index (χ2n) is 5.12. The highest BCUT2D eigenvalue weighted by atomic mass is 32.1. The lowest BCUT2D eigenvalue weighted by Crippen LogP contribution is -2.06. The predicted molar refractivity (Wildman–Crippen MR) is 86.7 cm³/mol. The Morgan fingerprint density at radius 2 is 1.95 bits per heavy atom. The molecule has 108 valence electrons. The lowest BCUT2D eigenvalue weighted by atomic mass is 10.1. The van der Waals surface area contributed by atoms with E-state index >= 15 is 0 Å². The van der Waals surface area contributed by atoms with Crippen molar-refractivity contribution in [3.8, 4) is 5.75 Å². The van der Waals surface area contributed by atoms with E-state index in [-0.39, 0.29) is 11.8 Å². The van der Waals surface area contributed by atoms with Gasteiger partial charge in [-0.2, -0.15) is 0 Å². The number of phenols is 1. The van der Waals surface area contributed by atoms with Gasteiger partial charge in [0, 0.05) is 21.3 Å². The van der Waals surface area contributed by atoms with E-state index in [9.17, 15) is 9.50 Å². The Bertz CT molecular complexity index is 797. The van der Waals surface area contributed by atoms with Crippen LogP contribution < -0.4 is 5.32 Å². The Morgan fingerprint density at radius 1 is 1.19 bits per heavy atom. The van der Waals surface area contributed by atoms with Gasteiger partial charge in [-0.05, 0) is 43.0 Å². The van der Waals surface area contributed by atoms with Gasteiger partial charge in [0.2, 0.25) is 0 Å². The molecule has 3 aromatic rings. The summed E-state index contributed by atoms with van der Waals surface area (Å²) >= 11 is 1.75. The molecule has 0 aliphatic rings. The Balaban J connectivity index is 1.91. The highest BCUT2D eigenvalue weighted by Gasteiger charge is 2.14. The van der Waals surface area contributed by atoms with Crippen molar-refractivity contribution in [2.75, 3.05) is 5.32 Å². The van der Waals surface area contributed by atoms with Crippen LogP contribution in [0.25, 0.3) is 10.1 Å². The molecule has 2 N–H and O–H groups in total. The van der Waals surface area contributed by atoms with Crippen LogP contribution in [0.3, 0.4) is 0 Å². The zero-order valence-electron chi connectivity index (χ0n) is 11.9. The molecule has 0 aliphatic heterocycles. The lowest BCUT2D eigenvalue weighted by molar-refractivity contribution is 0.432. The molecule has 1 aromatic heterocycles. The van der Waals surface area contributed by atoms with Crippen LogP contribution >= 0.6 is 11.3 Å². The van der Waals surface area contributed by atoms with E-state index in [4.69, 9.17) is 0 Å². The van der Waals surface area contributed by atoms with E-state index in [2.05, 4.69) is 31.3 Å². The van der Waals surface area contributed by atoms with Gasteiger partial charge in [-0.3, -0.25) is 0 Å². The molecule has 0 spiro atoms. The van der Waals surface area contributed by atoms with Gasteiger partial charge in [-0.25, -0.2) is 4.39 Å². The third-order valence-electron chi connectivity index (χ3n) is 3.60. The Labute approximate surface area is 126 Å². The van der Waals surface area contributed by atoms with Crippen molar-refractivity contribution in [2.24, 2.45) is 0 Å². The largest absolute Gasteiger partial charge is 0.505 e. The summed E-state index contributed by atoms with van der Waals surface area (Å²) in [6, 6.07) is 12.7. The summed E-state index contributed by atoms with van der Waals surface area (Å²) in [5, 5.41) is 13.8. The molecule has 3 rings (SSSR count). The number of rotatable bonds is 3. The van der Waals surface area contributed by atoms with Gasteiger partial charge < -0.3 is 10.4 Å². The number of anilines is 1. The molecule has 2 nitrogen and oxygen atoms in total. The van der Waals surface area contributed by atoms with Crippen LogP contribution in [0.1, 0.15) is 23.4 Å². The van der Waals surface area contributed by atoms with E-state index in [0.29, 0.717) is 5.69 Å². The number of hydrogen-bond acceptors (Lipinski definition) is 3. The summed E-state index contributed by atoms with van der Waals surface area (Å²) in [7, 11) is 0. The molecule has 1 heterocycles. The van der Waals surface area contributed by atoms with Gasteiger partial charge in [0.05, 0.1) is 6.04 Å². The molecule has 1 atom stereocenters. The van der Waals surface area contributed by atoms with Crippen molar-refractivity contribution >= 4 is 27.1 Å². The molecule has 0 radical (unpaired) electrons. The highest BCUT2D eigenvalue weighted by Crippen LogP contribution is 2.36. The second kappa shape index (κ2) is 5.37. The number of phenolic OH excluding ortho intramolecular Hbond substituents is 1. The first-order valence-electron chi connectivity index (χ1n) is 6.79. The number of aromatic hydroxyl groups is 1. The van der Waals surface area contributed by atoms with E-state index < -0.39 is 5.82 Å². The fraction of sp³-hybridized carbons (Fsp3) is 0.176. The van der Waals surface area contributed by atoms with E-state index in [1.165, 1.54) is 32.7 Å². The fourth-order valence-corrected chi connectivity index (χ4v) is 3.73. The molecule has 0 amide bonds. The first-order chi connectivity index (χ1) is 10.1. The van der Waals surface area contributed by atoms with Gasteiger partial charge in [0.25, 0.3) is 0 Å². The topological polar surface area (TPSA) is 32.3 Å². The molecular formula is C17H16FNOS. The molecule has 2 aromatic carbocycles. The van der Waals surface area contributed by atoms with Crippen LogP contribution in [0.5, 0.6) is 5.75 Å². The average molecular weight is 301 g/mol. The van der Waals surface area contributed by atoms with Crippen LogP contribution in [-0.2, 0) is 0 Å². The summed E-state index contributed by atoms with van der Waals surface area (Å²) in [6.45, 7) is 4.17. The number of nitrogens with one attached hydrogen (secondary N) is 1. The summed E-state index contributed by atoms with van der Waals surface area (Å²) in [4.78, 5) is 1.24. The van der Waals surface area contributed by atoms with Crippen LogP contribution in [0.15, 0.2) is 42.5 Å². The van der Waals surface area contributed by atoms with Gasteiger partial charge in [0.15, 0.2) is 11.6 Å². The monoisotopic (exact) mass is 301 g/mol. The maximum atomic E-state index is 13.4. The minimum absolute atomic E-state index is 0.0753. The first kappa shape index (κ1) is 13.9. The fourth-order valence-electron chi connectivity index (χ4n) is 2.52. The van der Waals surface area contributed by atoms with Crippen LogP contribution in [0.4, 0.5) is 10.1 Å². The second-order valence-corrected chi connectivity index (χ2v) is 6.20. The Morgan fingerprint density at radius 3 is 2.67 bits per heavy atom. The maximum Gasteiger partial charge on any atom is 0.166 e. The van der Waals surface area contributed by atoms with E-state index in [1.54, 1.807) is 17.4 Å². The quantitative estimate of drug-likeness (QED) is 0.649. The Hall–Kier alpha value is -2.07. The normalized spacial score (nSPS) is 12.5. The zero-order valence-corrected chi connectivity index (χ0v) is 12.7. The third kappa shape index (κ3) is 2.59. The predicted octanol–water partition coefficient (Wildman–Crippen LogP) is 5.23. The summed E-state index contributed by atoms with van der Waals surface area (Å²) < 4.78 is 14.7. The zero-order chi connectivity index (χ0) is 15.0. The van der Waals surface area contributed by atoms with Gasteiger partial charge >= 0.3 is 0 Å². The van der Waals surface area contributed by atoms with E-state index in [0.717, 1.165) is 0 Å². The molecule has 0 saturated heterocycles.